The standard InChI is InChI=1S/C51H44N2S/c1-3-13-33(14-4-1)35-27-28-52-46(31-35)37-23-25-40-41-26-24-38(50-39-18-8-7-17-36(39)32-47(53-50)34-15-5-2-6-16-34)30-45(41)51(44(40)29-37)42-19-9-11-21-48(42)54-49-22-12-10-20-43(49)51/h1-10,13-20,23-26,30-32,37,41-42,45,48H,11-12,21-22,27-29H2. The molecule has 11 rings (SSSR count). The highest BCUT2D eigenvalue weighted by molar-refractivity contribution is 8.03. The van der Waals surface area contributed by atoms with Crippen molar-refractivity contribution in [3.05, 3.63) is 185 Å². The first-order valence-corrected chi connectivity index (χ1v) is 20.9. The number of allylic oxidation sites excluding steroid dienone is 15. The molecule has 2 nitrogen and oxygen atoms in total. The zero-order chi connectivity index (χ0) is 35.6. The largest absolute Gasteiger partial charge is 0.289 e. The Morgan fingerprint density at radius 1 is 0.741 bits per heavy atom. The molecule has 0 bridgehead atoms. The van der Waals surface area contributed by atoms with Crippen LogP contribution in [-0.4, -0.2) is 22.5 Å². The van der Waals surface area contributed by atoms with Crippen molar-refractivity contribution in [1.82, 2.24) is 4.98 Å². The van der Waals surface area contributed by atoms with Crippen LogP contribution in [0.15, 0.2) is 178 Å². The fourth-order valence-electron chi connectivity index (χ4n) is 10.9. The monoisotopic (exact) mass is 716 g/mol. The van der Waals surface area contributed by atoms with Crippen molar-refractivity contribution < 1.29 is 0 Å². The molecule has 0 fully saturated rings. The molecule has 3 aromatic carbocycles. The van der Waals surface area contributed by atoms with Crippen molar-refractivity contribution in [2.24, 2.45) is 34.1 Å². The van der Waals surface area contributed by atoms with Crippen molar-refractivity contribution in [3.63, 3.8) is 0 Å². The number of aromatic nitrogens is 1. The van der Waals surface area contributed by atoms with E-state index >= 15 is 0 Å². The molecule has 1 spiro atoms. The van der Waals surface area contributed by atoms with Gasteiger partial charge in [0.15, 0.2) is 0 Å². The molecule has 0 amide bonds. The molecule has 3 heteroatoms. The van der Waals surface area contributed by atoms with Crippen LogP contribution in [0.25, 0.3) is 33.2 Å². The van der Waals surface area contributed by atoms with Crippen molar-refractivity contribution in [1.29, 1.82) is 0 Å². The van der Waals surface area contributed by atoms with Crippen LogP contribution in [0.3, 0.4) is 0 Å². The zero-order valence-electron chi connectivity index (χ0n) is 30.6. The third-order valence-corrected chi connectivity index (χ3v) is 14.8. The molecule has 2 aliphatic heterocycles. The highest BCUT2D eigenvalue weighted by Gasteiger charge is 2.61. The summed E-state index contributed by atoms with van der Waals surface area (Å²) in [5, 5.41) is 3.05. The molecule has 54 heavy (non-hydrogen) atoms. The third-order valence-electron chi connectivity index (χ3n) is 13.2. The lowest BCUT2D eigenvalue weighted by Crippen LogP contribution is -2.47. The van der Waals surface area contributed by atoms with Gasteiger partial charge in [0, 0.05) is 57.5 Å². The summed E-state index contributed by atoms with van der Waals surface area (Å²) in [6.07, 6.45) is 32.1. The van der Waals surface area contributed by atoms with E-state index in [1.807, 2.05) is 0 Å². The number of thioether (sulfide) groups is 1. The van der Waals surface area contributed by atoms with E-state index in [0.717, 1.165) is 49.2 Å². The lowest BCUT2D eigenvalue weighted by Gasteiger charge is -2.54. The van der Waals surface area contributed by atoms with Gasteiger partial charge in [-0.25, -0.2) is 4.98 Å². The normalized spacial score (nSPS) is 29.4. The van der Waals surface area contributed by atoms with Gasteiger partial charge >= 0.3 is 0 Å². The molecule has 0 saturated carbocycles. The Kier molecular flexibility index (Phi) is 7.87. The summed E-state index contributed by atoms with van der Waals surface area (Å²) in [5.41, 5.74) is 13.3. The third kappa shape index (κ3) is 5.08. The molecule has 7 aliphatic rings. The average Bonchev–Trinajstić information content (AvgIpc) is 3.53. The first-order chi connectivity index (χ1) is 26.8. The van der Waals surface area contributed by atoms with Crippen LogP contribution in [0.4, 0.5) is 0 Å². The fraction of sp³-hybridized carbons (Fsp3) is 0.255. The van der Waals surface area contributed by atoms with E-state index in [9.17, 15) is 0 Å². The molecule has 6 unspecified atom stereocenters. The fourth-order valence-corrected chi connectivity index (χ4v) is 12.6. The highest BCUT2D eigenvalue weighted by atomic mass is 32.2. The zero-order valence-corrected chi connectivity index (χ0v) is 31.4. The van der Waals surface area contributed by atoms with Crippen LogP contribution >= 0.6 is 11.8 Å². The SMILES string of the molecule is C1=CC2=C(CC1)SC1CCC=CC1C21C2=C(C=CC(C3=NCCC(c4ccccc4)=C3)C2)C2C=CC(c3nc(-c4ccccc4)cc4ccccc34)=CC21. The number of aliphatic imine (C=N–C) groups is 1. The van der Waals surface area contributed by atoms with Gasteiger partial charge in [-0.3, -0.25) is 4.99 Å². The predicted molar refractivity (Wildman–Crippen MR) is 228 cm³/mol. The maximum atomic E-state index is 5.49. The van der Waals surface area contributed by atoms with E-state index in [2.05, 4.69) is 164 Å². The Morgan fingerprint density at radius 3 is 2.46 bits per heavy atom. The summed E-state index contributed by atoms with van der Waals surface area (Å²) in [7, 11) is 0. The maximum Gasteiger partial charge on any atom is 0.0784 e. The minimum Gasteiger partial charge on any atom is -0.289 e. The van der Waals surface area contributed by atoms with Gasteiger partial charge in [-0.1, -0.05) is 145 Å². The van der Waals surface area contributed by atoms with E-state index < -0.39 is 0 Å². The van der Waals surface area contributed by atoms with Gasteiger partial charge in [0.25, 0.3) is 0 Å². The summed E-state index contributed by atoms with van der Waals surface area (Å²) >= 11 is 2.22. The van der Waals surface area contributed by atoms with Crippen LogP contribution < -0.4 is 0 Å². The van der Waals surface area contributed by atoms with E-state index in [0.29, 0.717) is 23.0 Å². The smallest absolute Gasteiger partial charge is 0.0784 e. The van der Waals surface area contributed by atoms with Crippen LogP contribution in [0.1, 0.15) is 49.8 Å². The van der Waals surface area contributed by atoms with Crippen LogP contribution in [-0.2, 0) is 0 Å². The molecule has 1 aromatic heterocycles. The van der Waals surface area contributed by atoms with E-state index in [1.54, 1.807) is 21.6 Å². The molecule has 4 aromatic rings. The lowest BCUT2D eigenvalue weighted by molar-refractivity contribution is 0.211. The van der Waals surface area contributed by atoms with Gasteiger partial charge in [0.1, 0.15) is 0 Å². The summed E-state index contributed by atoms with van der Waals surface area (Å²) in [4.78, 5) is 12.4. The van der Waals surface area contributed by atoms with Gasteiger partial charge < -0.3 is 0 Å². The Balaban J connectivity index is 1.08. The summed E-state index contributed by atoms with van der Waals surface area (Å²) in [6.45, 7) is 0.864. The van der Waals surface area contributed by atoms with Crippen LogP contribution in [0.2, 0.25) is 0 Å². The molecule has 6 atom stereocenters. The number of benzene rings is 3. The Bertz CT molecular complexity index is 2470. The molecular weight excluding hydrogens is 673 g/mol. The van der Waals surface area contributed by atoms with E-state index in [-0.39, 0.29) is 11.3 Å². The number of fused-ring (bicyclic) bond motifs is 8. The second kappa shape index (κ2) is 13.1. The Hall–Kier alpha value is -4.99. The Labute approximate surface area is 323 Å². The summed E-state index contributed by atoms with van der Waals surface area (Å²) in [5.74, 6) is 1.35. The highest BCUT2D eigenvalue weighted by Crippen LogP contribution is 2.70. The van der Waals surface area contributed by atoms with Gasteiger partial charge in [0.05, 0.1) is 11.4 Å². The Morgan fingerprint density at radius 2 is 1.57 bits per heavy atom. The topological polar surface area (TPSA) is 25.2 Å². The van der Waals surface area contributed by atoms with Crippen LogP contribution in [0.5, 0.6) is 0 Å². The average molecular weight is 717 g/mol. The molecule has 3 heterocycles. The molecular formula is C51H44N2S. The second-order valence-electron chi connectivity index (χ2n) is 16.0. The predicted octanol–water partition coefficient (Wildman–Crippen LogP) is 12.6. The van der Waals surface area contributed by atoms with Gasteiger partial charge in [0.2, 0.25) is 0 Å². The number of hydrogen-bond acceptors (Lipinski definition) is 3. The van der Waals surface area contributed by atoms with Gasteiger partial charge in [-0.2, -0.15) is 0 Å². The quantitative estimate of drug-likeness (QED) is 0.197. The molecule has 5 aliphatic carbocycles. The number of hydrogen-bond donors (Lipinski definition) is 0. The first-order valence-electron chi connectivity index (χ1n) is 20.1. The van der Waals surface area contributed by atoms with Crippen molar-refractivity contribution >= 4 is 39.4 Å². The number of nitrogens with zero attached hydrogens (tertiary/aromatic N) is 2. The minimum atomic E-state index is -0.105. The van der Waals surface area contributed by atoms with Crippen molar-refractivity contribution in [3.8, 4) is 11.3 Å². The number of dihydropyridines is 1. The molecule has 264 valence electrons. The number of rotatable bonds is 4. The van der Waals surface area contributed by atoms with Gasteiger partial charge in [-0.15, -0.1) is 11.8 Å². The van der Waals surface area contributed by atoms with Crippen molar-refractivity contribution in [2.45, 2.75) is 43.8 Å². The summed E-state index contributed by atoms with van der Waals surface area (Å²) < 4.78 is 0. The summed E-state index contributed by atoms with van der Waals surface area (Å²) in [6, 6.07) is 32.7. The minimum absolute atomic E-state index is 0.105. The first kappa shape index (κ1) is 32.4. The van der Waals surface area contributed by atoms with Gasteiger partial charge in [-0.05, 0) is 88.8 Å². The van der Waals surface area contributed by atoms with Crippen LogP contribution in [0, 0.1) is 29.1 Å². The maximum absolute atomic E-state index is 5.49. The van der Waals surface area contributed by atoms with E-state index in [1.165, 1.54) is 46.0 Å². The lowest BCUT2D eigenvalue weighted by atomic mass is 9.54. The van der Waals surface area contributed by atoms with E-state index in [4.69, 9.17) is 9.98 Å². The van der Waals surface area contributed by atoms with Crippen molar-refractivity contribution in [2.75, 3.05) is 6.54 Å². The molecule has 0 saturated heterocycles. The second-order valence-corrected chi connectivity index (χ2v) is 17.3. The molecule has 0 N–H and O–H groups in total. The number of pyridine rings is 1. The molecule has 0 radical (unpaired) electrons.